The van der Waals surface area contributed by atoms with Crippen LogP contribution in [0.1, 0.15) is 31.8 Å². The van der Waals surface area contributed by atoms with Gasteiger partial charge >= 0.3 is 0 Å². The number of hydrogen-bond donors (Lipinski definition) is 4. The number of phenols is 2. The van der Waals surface area contributed by atoms with Crippen molar-refractivity contribution in [2.24, 2.45) is 10.2 Å². The summed E-state index contributed by atoms with van der Waals surface area (Å²) < 4.78 is 9.99. The quantitative estimate of drug-likeness (QED) is 0.193. The van der Waals surface area contributed by atoms with Crippen molar-refractivity contribution in [3.8, 4) is 23.0 Å². The summed E-state index contributed by atoms with van der Waals surface area (Å²) in [5, 5.41) is 38.2. The number of ether oxygens (including phenoxy) is 2. The lowest BCUT2D eigenvalue weighted by Gasteiger charge is -2.05. The van der Waals surface area contributed by atoms with Crippen molar-refractivity contribution in [2.45, 2.75) is 0 Å². The predicted molar refractivity (Wildman–Crippen MR) is 133 cm³/mol. The Morgan fingerprint density at radius 2 is 1.24 bits per heavy atom. The maximum absolute atomic E-state index is 12.5. The van der Waals surface area contributed by atoms with Crippen LogP contribution in [0.5, 0.6) is 23.0 Å². The molecule has 0 unspecified atom stereocenters. The zero-order chi connectivity index (χ0) is 26.9. The van der Waals surface area contributed by atoms with E-state index in [1.54, 1.807) is 0 Å². The molecule has 0 saturated carbocycles. The van der Waals surface area contributed by atoms with Crippen LogP contribution in [0.15, 0.2) is 64.8 Å². The van der Waals surface area contributed by atoms with Crippen molar-refractivity contribution in [2.75, 3.05) is 14.2 Å². The first kappa shape index (κ1) is 26.2. The van der Waals surface area contributed by atoms with E-state index in [1.165, 1.54) is 63.0 Å². The van der Waals surface area contributed by atoms with Crippen molar-refractivity contribution in [3.63, 3.8) is 0 Å². The van der Waals surface area contributed by atoms with E-state index in [-0.39, 0.29) is 34.1 Å². The minimum atomic E-state index is -0.806. The number of non-ortho nitro benzene ring substituents is 1. The van der Waals surface area contributed by atoms with Crippen molar-refractivity contribution in [1.82, 2.24) is 10.9 Å². The first-order valence-electron chi connectivity index (χ1n) is 10.4. The molecule has 0 radical (unpaired) electrons. The molecule has 2 amide bonds. The average molecular weight is 507 g/mol. The maximum Gasteiger partial charge on any atom is 0.271 e. The van der Waals surface area contributed by atoms with Crippen LogP contribution in [-0.2, 0) is 0 Å². The second-order valence-electron chi connectivity index (χ2n) is 7.29. The Labute approximate surface area is 209 Å². The second kappa shape index (κ2) is 11.8. The summed E-state index contributed by atoms with van der Waals surface area (Å²) in [5.74, 6) is -1.34. The number of methoxy groups -OCH3 is 2. The topological polar surface area (TPSA) is 185 Å². The van der Waals surface area contributed by atoms with Crippen molar-refractivity contribution in [1.29, 1.82) is 0 Å². The summed E-state index contributed by atoms with van der Waals surface area (Å²) in [5.41, 5.74) is 4.58. The molecule has 3 aromatic carbocycles. The van der Waals surface area contributed by atoms with Crippen LogP contribution in [0.3, 0.4) is 0 Å². The van der Waals surface area contributed by atoms with Gasteiger partial charge in [-0.05, 0) is 53.6 Å². The van der Waals surface area contributed by atoms with Gasteiger partial charge in [0, 0.05) is 23.3 Å². The summed E-state index contributed by atoms with van der Waals surface area (Å²) in [7, 11) is 2.76. The molecular formula is C24H21N5O8. The SMILES string of the molecule is COc1cc(/C=N/NC(=O)c2cc(C(=O)N/N=C/c3ccc(O)c(OC)c3)cc([N+](=O)[O-])c2)ccc1O. The fourth-order valence-corrected chi connectivity index (χ4v) is 2.99. The summed E-state index contributed by atoms with van der Waals surface area (Å²) in [6.45, 7) is 0. The molecule has 0 bridgehead atoms. The van der Waals surface area contributed by atoms with Gasteiger partial charge in [0.05, 0.1) is 31.6 Å². The molecule has 0 atom stereocenters. The van der Waals surface area contributed by atoms with Crippen LogP contribution in [0.25, 0.3) is 0 Å². The highest BCUT2D eigenvalue weighted by Crippen LogP contribution is 2.26. The third kappa shape index (κ3) is 6.79. The van der Waals surface area contributed by atoms with E-state index >= 15 is 0 Å². The number of amides is 2. The molecule has 0 fully saturated rings. The molecular weight excluding hydrogens is 486 g/mol. The molecule has 0 aliphatic heterocycles. The van der Waals surface area contributed by atoms with Gasteiger partial charge in [0.15, 0.2) is 23.0 Å². The number of carbonyl (C=O) groups excluding carboxylic acids is 2. The van der Waals surface area contributed by atoms with Gasteiger partial charge in [0.25, 0.3) is 17.5 Å². The Hall–Kier alpha value is -5.46. The summed E-state index contributed by atoms with van der Waals surface area (Å²) >= 11 is 0. The van der Waals surface area contributed by atoms with Crippen LogP contribution < -0.4 is 20.3 Å². The number of nitrogens with zero attached hydrogens (tertiary/aromatic N) is 3. The highest BCUT2D eigenvalue weighted by Gasteiger charge is 2.18. The van der Waals surface area contributed by atoms with Crippen molar-refractivity contribution < 1.29 is 34.2 Å². The molecule has 0 aliphatic carbocycles. The first-order chi connectivity index (χ1) is 17.7. The van der Waals surface area contributed by atoms with E-state index in [4.69, 9.17) is 9.47 Å². The number of rotatable bonds is 9. The number of nitrogens with one attached hydrogen (secondary N) is 2. The van der Waals surface area contributed by atoms with Crippen LogP contribution in [-0.4, -0.2) is 53.6 Å². The fourth-order valence-electron chi connectivity index (χ4n) is 2.99. The van der Waals surface area contributed by atoms with Crippen molar-refractivity contribution in [3.05, 3.63) is 87.0 Å². The standard InChI is InChI=1S/C24H21N5O8/c1-36-21-7-14(3-5-19(21)30)12-25-27-23(32)16-9-17(11-18(10-16)29(34)35)24(33)28-26-13-15-4-6-20(31)22(8-15)37-2/h3-13,30-31H,1-2H3,(H,27,32)(H,28,33)/b25-12+,26-13+. The number of nitro groups is 1. The molecule has 0 spiro atoms. The minimum Gasteiger partial charge on any atom is -0.504 e. The zero-order valence-electron chi connectivity index (χ0n) is 19.5. The smallest absolute Gasteiger partial charge is 0.271 e. The monoisotopic (exact) mass is 507 g/mol. The van der Waals surface area contributed by atoms with E-state index in [9.17, 15) is 29.9 Å². The lowest BCUT2D eigenvalue weighted by Crippen LogP contribution is -2.21. The normalized spacial score (nSPS) is 10.9. The zero-order valence-corrected chi connectivity index (χ0v) is 19.5. The largest absolute Gasteiger partial charge is 0.504 e. The third-order valence-corrected chi connectivity index (χ3v) is 4.82. The Bertz CT molecular complexity index is 1310. The Kier molecular flexibility index (Phi) is 8.33. The number of hydrazone groups is 2. The Morgan fingerprint density at radius 1 is 0.811 bits per heavy atom. The van der Waals surface area contributed by atoms with E-state index in [0.29, 0.717) is 11.1 Å². The second-order valence-corrected chi connectivity index (χ2v) is 7.29. The summed E-state index contributed by atoms with van der Waals surface area (Å²) in [6, 6.07) is 11.9. The van der Waals surface area contributed by atoms with Gasteiger partial charge in [0.2, 0.25) is 0 Å². The van der Waals surface area contributed by atoms with Crippen LogP contribution in [0, 0.1) is 10.1 Å². The van der Waals surface area contributed by atoms with E-state index in [1.807, 2.05) is 0 Å². The lowest BCUT2D eigenvalue weighted by atomic mass is 10.1. The Balaban J connectivity index is 1.74. The fraction of sp³-hybridized carbons (Fsp3) is 0.0833. The predicted octanol–water partition coefficient (Wildman–Crippen LogP) is 2.55. The van der Waals surface area contributed by atoms with E-state index in [0.717, 1.165) is 18.2 Å². The van der Waals surface area contributed by atoms with Gasteiger partial charge in [-0.25, -0.2) is 10.9 Å². The van der Waals surface area contributed by atoms with Gasteiger partial charge in [0.1, 0.15) is 0 Å². The van der Waals surface area contributed by atoms with Gasteiger partial charge in [-0.3, -0.25) is 19.7 Å². The molecule has 37 heavy (non-hydrogen) atoms. The van der Waals surface area contributed by atoms with Crippen LogP contribution >= 0.6 is 0 Å². The number of benzene rings is 3. The lowest BCUT2D eigenvalue weighted by molar-refractivity contribution is -0.384. The molecule has 190 valence electrons. The molecule has 3 rings (SSSR count). The van der Waals surface area contributed by atoms with Gasteiger partial charge < -0.3 is 19.7 Å². The molecule has 4 N–H and O–H groups in total. The molecule has 13 heteroatoms. The first-order valence-corrected chi connectivity index (χ1v) is 10.4. The molecule has 0 saturated heterocycles. The number of aromatic hydroxyl groups is 2. The number of phenolic OH excluding ortho intramolecular Hbond substituents is 2. The number of nitro benzene ring substituents is 1. The third-order valence-electron chi connectivity index (χ3n) is 4.82. The number of carbonyl (C=O) groups is 2. The van der Waals surface area contributed by atoms with Crippen LogP contribution in [0.4, 0.5) is 5.69 Å². The highest BCUT2D eigenvalue weighted by molar-refractivity contribution is 6.01. The van der Waals surface area contributed by atoms with E-state index in [2.05, 4.69) is 21.1 Å². The van der Waals surface area contributed by atoms with E-state index < -0.39 is 22.4 Å². The number of hydrogen-bond acceptors (Lipinski definition) is 10. The van der Waals surface area contributed by atoms with Gasteiger partial charge in [-0.2, -0.15) is 10.2 Å². The van der Waals surface area contributed by atoms with Gasteiger partial charge in [-0.1, -0.05) is 0 Å². The summed E-state index contributed by atoms with van der Waals surface area (Å²) in [6.07, 6.45) is 2.55. The highest BCUT2D eigenvalue weighted by atomic mass is 16.6. The molecule has 0 heterocycles. The minimum absolute atomic E-state index is 0.0711. The maximum atomic E-state index is 12.5. The molecule has 3 aromatic rings. The van der Waals surface area contributed by atoms with Crippen LogP contribution in [0.2, 0.25) is 0 Å². The van der Waals surface area contributed by atoms with Gasteiger partial charge in [-0.15, -0.1) is 0 Å². The Morgan fingerprint density at radius 3 is 1.62 bits per heavy atom. The molecule has 0 aliphatic rings. The van der Waals surface area contributed by atoms with Crippen molar-refractivity contribution >= 4 is 29.9 Å². The molecule has 0 aromatic heterocycles. The summed E-state index contributed by atoms with van der Waals surface area (Å²) in [4.78, 5) is 35.7. The average Bonchev–Trinajstić information content (AvgIpc) is 2.90. The molecule has 13 nitrogen and oxygen atoms in total.